The molecule has 4 atom stereocenters. The highest BCUT2D eigenvalue weighted by Crippen LogP contribution is 2.36. The summed E-state index contributed by atoms with van der Waals surface area (Å²) in [5, 5.41) is 10.2. The van der Waals surface area contributed by atoms with Gasteiger partial charge in [-0.1, -0.05) is 24.3 Å². The van der Waals surface area contributed by atoms with Crippen LogP contribution in [0.2, 0.25) is 0 Å². The van der Waals surface area contributed by atoms with Crippen molar-refractivity contribution in [1.82, 2.24) is 0 Å². The van der Waals surface area contributed by atoms with E-state index in [0.29, 0.717) is 24.0 Å². The van der Waals surface area contributed by atoms with Gasteiger partial charge in [0.25, 0.3) is 0 Å². The van der Waals surface area contributed by atoms with Gasteiger partial charge in [-0.3, -0.25) is 0 Å². The minimum atomic E-state index is -0.632. The van der Waals surface area contributed by atoms with Crippen molar-refractivity contribution in [3.05, 3.63) is 47.1 Å². The van der Waals surface area contributed by atoms with Crippen molar-refractivity contribution in [2.24, 2.45) is 5.92 Å². The number of hydrogen-bond acceptors (Lipinski definition) is 5. The monoisotopic (exact) mass is 346 g/mol. The zero-order valence-corrected chi connectivity index (χ0v) is 15.2. The molecule has 0 spiro atoms. The lowest BCUT2D eigenvalue weighted by Crippen LogP contribution is -2.34. The van der Waals surface area contributed by atoms with Gasteiger partial charge in [-0.05, 0) is 45.8 Å². The van der Waals surface area contributed by atoms with Crippen LogP contribution in [0.25, 0.3) is 0 Å². The Morgan fingerprint density at radius 3 is 2.76 bits per heavy atom. The summed E-state index contributed by atoms with van der Waals surface area (Å²) in [6.45, 7) is 11.0. The Morgan fingerprint density at radius 1 is 1.44 bits per heavy atom. The van der Waals surface area contributed by atoms with Crippen LogP contribution in [0.15, 0.2) is 47.1 Å². The molecule has 25 heavy (non-hydrogen) atoms. The normalized spacial score (nSPS) is 35.0. The number of rotatable bonds is 2. The first kappa shape index (κ1) is 19.2. The van der Waals surface area contributed by atoms with Crippen molar-refractivity contribution in [2.75, 3.05) is 0 Å². The Bertz CT molecular complexity index is 668. The van der Waals surface area contributed by atoms with E-state index >= 15 is 0 Å². The topological polar surface area (TPSA) is 72.8 Å². The average molecular weight is 346 g/mol. The van der Waals surface area contributed by atoms with Crippen LogP contribution in [0, 0.1) is 5.92 Å². The predicted octanol–water partition coefficient (Wildman–Crippen LogP) is 3.01. The zero-order valence-electron chi connectivity index (χ0n) is 15.2. The second kappa shape index (κ2) is 7.83. The molecule has 5 nitrogen and oxygen atoms in total. The number of ether oxygens (including phenoxy) is 2. The van der Waals surface area contributed by atoms with Gasteiger partial charge in [0.1, 0.15) is 12.2 Å². The number of carbonyl (C=O) groups excluding carboxylic acids is 2. The van der Waals surface area contributed by atoms with E-state index in [9.17, 15) is 14.7 Å². The molecular formula is C20H26O5. The summed E-state index contributed by atoms with van der Waals surface area (Å²) in [7, 11) is 0. The van der Waals surface area contributed by atoms with Crippen molar-refractivity contribution in [3.8, 4) is 0 Å². The first-order valence-electron chi connectivity index (χ1n) is 8.50. The third-order valence-corrected chi connectivity index (χ3v) is 4.84. The van der Waals surface area contributed by atoms with E-state index in [1.165, 1.54) is 0 Å². The Kier molecular flexibility index (Phi) is 6.01. The maximum Gasteiger partial charge on any atom is 0.334 e. The van der Waals surface area contributed by atoms with E-state index in [4.69, 9.17) is 9.47 Å². The van der Waals surface area contributed by atoms with Gasteiger partial charge in [-0.25, -0.2) is 9.59 Å². The molecular weight excluding hydrogens is 320 g/mol. The van der Waals surface area contributed by atoms with E-state index in [1.807, 2.05) is 13.0 Å². The molecule has 2 rings (SSSR count). The molecule has 0 radical (unpaired) electrons. The number of allylic oxidation sites excluding steroid dienone is 1. The van der Waals surface area contributed by atoms with Gasteiger partial charge in [0.05, 0.1) is 12.0 Å². The molecule has 1 aliphatic heterocycles. The van der Waals surface area contributed by atoms with E-state index in [0.717, 1.165) is 11.1 Å². The molecule has 136 valence electrons. The van der Waals surface area contributed by atoms with Crippen LogP contribution in [0.5, 0.6) is 0 Å². The number of hydrogen-bond donors (Lipinski definition) is 1. The fraction of sp³-hybridized carbons (Fsp3) is 0.500. The molecule has 5 heteroatoms. The minimum absolute atomic E-state index is 0.299. The molecule has 2 aliphatic rings. The van der Waals surface area contributed by atoms with Crippen molar-refractivity contribution >= 4 is 11.9 Å². The zero-order chi connectivity index (χ0) is 18.7. The van der Waals surface area contributed by atoms with Crippen molar-refractivity contribution in [3.63, 3.8) is 0 Å². The van der Waals surface area contributed by atoms with Gasteiger partial charge < -0.3 is 14.6 Å². The van der Waals surface area contributed by atoms with Crippen LogP contribution < -0.4 is 0 Å². The van der Waals surface area contributed by atoms with E-state index in [1.54, 1.807) is 32.9 Å². The van der Waals surface area contributed by atoms with Crippen LogP contribution in [-0.4, -0.2) is 35.4 Å². The molecule has 1 aliphatic carbocycles. The van der Waals surface area contributed by atoms with E-state index < -0.39 is 36.2 Å². The molecule has 0 aromatic rings. The van der Waals surface area contributed by atoms with Gasteiger partial charge in [-0.2, -0.15) is 0 Å². The Labute approximate surface area is 148 Å². The molecule has 1 heterocycles. The van der Waals surface area contributed by atoms with E-state index in [2.05, 4.69) is 6.58 Å². The number of fused-ring (bicyclic) bond motifs is 1. The number of carbonyl (C=O) groups is 2. The fourth-order valence-electron chi connectivity index (χ4n) is 3.04. The summed E-state index contributed by atoms with van der Waals surface area (Å²) in [6, 6.07) is 0. The fourth-order valence-corrected chi connectivity index (χ4v) is 3.04. The molecule has 0 unspecified atom stereocenters. The van der Waals surface area contributed by atoms with Crippen LogP contribution in [-0.2, 0) is 19.1 Å². The quantitative estimate of drug-likeness (QED) is 0.473. The van der Waals surface area contributed by atoms with Crippen LogP contribution in [0.4, 0.5) is 0 Å². The lowest BCUT2D eigenvalue weighted by Gasteiger charge is -2.28. The number of aliphatic hydroxyl groups is 1. The summed E-state index contributed by atoms with van der Waals surface area (Å²) in [4.78, 5) is 24.3. The third-order valence-electron chi connectivity index (χ3n) is 4.84. The van der Waals surface area contributed by atoms with E-state index in [-0.39, 0.29) is 0 Å². The van der Waals surface area contributed by atoms with Gasteiger partial charge in [0, 0.05) is 17.6 Å². The molecule has 1 saturated heterocycles. The lowest BCUT2D eigenvalue weighted by molar-refractivity contribution is -0.147. The van der Waals surface area contributed by atoms with Crippen molar-refractivity contribution in [1.29, 1.82) is 0 Å². The standard InChI is InChI=1S/C20H26O5/c1-6-12(3)19(22)24-16-9-11(2)7-8-15(21)13(4)10-17-18(16)14(5)20(23)25-17/h6-7,10,15-18,21H,5,8-9H2,1-4H3/b11-7-,12-6+,13-10-/t15-,16+,17+,18+/m0/s1. The average Bonchev–Trinajstić information content (AvgIpc) is 2.84. The maximum atomic E-state index is 12.3. The molecule has 0 aromatic heterocycles. The SMILES string of the molecule is C=C1C(=O)O[C@@H]2/C=C(/C)[C@@H](O)C/C=C(/C)C[C@@H](OC(=O)/C(C)=C/C)[C@@H]12. The second-order valence-electron chi connectivity index (χ2n) is 6.75. The van der Waals surface area contributed by atoms with Gasteiger partial charge in [0.2, 0.25) is 0 Å². The molecule has 0 bridgehead atoms. The molecule has 0 amide bonds. The summed E-state index contributed by atoms with van der Waals surface area (Å²) in [6.07, 6.45) is 4.51. The summed E-state index contributed by atoms with van der Waals surface area (Å²) < 4.78 is 11.1. The highest BCUT2D eigenvalue weighted by molar-refractivity contribution is 5.92. The largest absolute Gasteiger partial charge is 0.458 e. The Hall–Kier alpha value is -2.14. The molecule has 0 saturated carbocycles. The van der Waals surface area contributed by atoms with Crippen LogP contribution >= 0.6 is 0 Å². The van der Waals surface area contributed by atoms with Crippen molar-refractivity contribution in [2.45, 2.75) is 58.8 Å². The minimum Gasteiger partial charge on any atom is -0.458 e. The first-order valence-corrected chi connectivity index (χ1v) is 8.50. The lowest BCUT2D eigenvalue weighted by atomic mass is 9.85. The van der Waals surface area contributed by atoms with Gasteiger partial charge >= 0.3 is 11.9 Å². The van der Waals surface area contributed by atoms with Crippen LogP contribution in [0.1, 0.15) is 40.5 Å². The summed E-state index contributed by atoms with van der Waals surface area (Å²) >= 11 is 0. The third kappa shape index (κ3) is 4.28. The number of esters is 2. The molecule has 1 N–H and O–H groups in total. The van der Waals surface area contributed by atoms with Crippen LogP contribution in [0.3, 0.4) is 0 Å². The van der Waals surface area contributed by atoms with Gasteiger partial charge in [-0.15, -0.1) is 0 Å². The highest BCUT2D eigenvalue weighted by Gasteiger charge is 2.44. The van der Waals surface area contributed by atoms with Gasteiger partial charge in [0.15, 0.2) is 0 Å². The highest BCUT2D eigenvalue weighted by atomic mass is 16.6. The maximum absolute atomic E-state index is 12.3. The second-order valence-corrected chi connectivity index (χ2v) is 6.75. The number of aliphatic hydroxyl groups excluding tert-OH is 1. The smallest absolute Gasteiger partial charge is 0.334 e. The summed E-state index contributed by atoms with van der Waals surface area (Å²) in [5.41, 5.74) is 2.51. The Morgan fingerprint density at radius 2 is 2.12 bits per heavy atom. The van der Waals surface area contributed by atoms with Crippen molar-refractivity contribution < 1.29 is 24.2 Å². The summed E-state index contributed by atoms with van der Waals surface area (Å²) in [5.74, 6) is -1.37. The molecule has 1 fully saturated rings. The molecule has 0 aromatic carbocycles. The first-order chi connectivity index (χ1) is 11.7. The predicted molar refractivity (Wildman–Crippen MR) is 94.6 cm³/mol. The Balaban J connectivity index is 2.42.